The van der Waals surface area contributed by atoms with Crippen LogP contribution in [0.3, 0.4) is 0 Å². The van der Waals surface area contributed by atoms with Gasteiger partial charge in [-0.1, -0.05) is 18.2 Å². The average molecular weight is 348 g/mol. The molecule has 2 aliphatic heterocycles. The van der Waals surface area contributed by atoms with E-state index in [0.717, 1.165) is 44.1 Å². The average Bonchev–Trinajstić information content (AvgIpc) is 3.12. The van der Waals surface area contributed by atoms with Gasteiger partial charge in [0.2, 0.25) is 5.96 Å². The number of hydrogen-bond donors (Lipinski definition) is 2. The minimum absolute atomic E-state index is 0. The summed E-state index contributed by atoms with van der Waals surface area (Å²) in [5.41, 5.74) is 6.69. The Hall–Kier alpha value is -1.82. The van der Waals surface area contributed by atoms with E-state index >= 15 is 0 Å². The van der Waals surface area contributed by atoms with E-state index in [2.05, 4.69) is 55.7 Å². The number of aliphatic imine (C=N–C) groups is 1. The van der Waals surface area contributed by atoms with Gasteiger partial charge < -0.3 is 9.88 Å². The van der Waals surface area contributed by atoms with Crippen LogP contribution in [-0.4, -0.2) is 29.3 Å². The van der Waals surface area contributed by atoms with Gasteiger partial charge in [-0.25, -0.2) is 10.4 Å². The van der Waals surface area contributed by atoms with Gasteiger partial charge in [-0.15, -0.1) is 17.0 Å². The van der Waals surface area contributed by atoms with Crippen molar-refractivity contribution in [3.63, 3.8) is 0 Å². The summed E-state index contributed by atoms with van der Waals surface area (Å²) in [5, 5.41) is 9.01. The summed E-state index contributed by atoms with van der Waals surface area (Å²) in [6.45, 7) is 2.79. The molecule has 0 amide bonds. The van der Waals surface area contributed by atoms with Gasteiger partial charge >= 0.3 is 0 Å². The summed E-state index contributed by atoms with van der Waals surface area (Å²) in [5.74, 6) is 0.783. The summed E-state index contributed by atoms with van der Waals surface area (Å²) in [7, 11) is 0. The highest BCUT2D eigenvalue weighted by Gasteiger charge is 2.18. The second-order valence-corrected chi connectivity index (χ2v) is 5.17. The Bertz CT molecular complexity index is 716. The fourth-order valence-electron chi connectivity index (χ4n) is 2.93. The molecule has 6 heteroatoms. The van der Waals surface area contributed by atoms with Gasteiger partial charge in [-0.3, -0.25) is 0 Å². The van der Waals surface area contributed by atoms with Crippen LogP contribution >= 0.6 is 17.0 Å². The lowest BCUT2D eigenvalue weighted by Gasteiger charge is -2.18. The molecule has 2 aromatic rings. The van der Waals surface area contributed by atoms with Crippen LogP contribution in [0.4, 0.5) is 0 Å². The molecule has 0 radical (unpaired) electrons. The predicted octanol–water partition coefficient (Wildman–Crippen LogP) is 2.27. The summed E-state index contributed by atoms with van der Waals surface area (Å²) in [4.78, 5) is 4.30. The smallest absolute Gasteiger partial charge is 0.212 e. The van der Waals surface area contributed by atoms with Crippen LogP contribution in [0.1, 0.15) is 18.5 Å². The Morgan fingerprint density at radius 3 is 3.05 bits per heavy atom. The fourth-order valence-corrected chi connectivity index (χ4v) is 2.93. The van der Waals surface area contributed by atoms with Crippen LogP contribution in [0.2, 0.25) is 0 Å². The third-order valence-corrected chi connectivity index (χ3v) is 3.87. The molecule has 21 heavy (non-hydrogen) atoms. The molecule has 0 unspecified atom stereocenters. The molecule has 0 atom stereocenters. The highest BCUT2D eigenvalue weighted by Crippen LogP contribution is 2.25. The van der Waals surface area contributed by atoms with Gasteiger partial charge in [0.05, 0.1) is 18.0 Å². The normalized spacial score (nSPS) is 18.9. The number of nitrogens with zero attached hydrogens (tertiary/aromatic N) is 3. The lowest BCUT2D eigenvalue weighted by molar-refractivity contribution is 0.645. The predicted molar refractivity (Wildman–Crippen MR) is 91.5 cm³/mol. The Labute approximate surface area is 133 Å². The molecule has 0 saturated carbocycles. The zero-order chi connectivity index (χ0) is 13.4. The molecule has 0 spiro atoms. The number of aromatic nitrogens is 1. The van der Waals surface area contributed by atoms with Gasteiger partial charge in [0.25, 0.3) is 0 Å². The SMILES string of the molecule is Br.c1ccc2c(c1)cc1n2CCC/C1=N\NC1=NCCN1. The van der Waals surface area contributed by atoms with Crippen molar-refractivity contribution in [3.05, 3.63) is 36.0 Å². The number of nitrogens with one attached hydrogen (secondary N) is 2. The maximum atomic E-state index is 4.55. The first kappa shape index (κ1) is 14.1. The fraction of sp³-hybridized carbons (Fsp3) is 0.333. The maximum Gasteiger partial charge on any atom is 0.212 e. The number of para-hydroxylation sites is 1. The molecule has 4 rings (SSSR count). The Morgan fingerprint density at radius 1 is 1.29 bits per heavy atom. The van der Waals surface area contributed by atoms with Gasteiger partial charge in [0.15, 0.2) is 0 Å². The molecule has 0 fully saturated rings. The van der Waals surface area contributed by atoms with Crippen molar-refractivity contribution < 1.29 is 0 Å². The van der Waals surface area contributed by atoms with Gasteiger partial charge in [-0.05, 0) is 25.0 Å². The highest BCUT2D eigenvalue weighted by atomic mass is 79.9. The van der Waals surface area contributed by atoms with Crippen molar-refractivity contribution >= 4 is 39.6 Å². The molecule has 2 N–H and O–H groups in total. The summed E-state index contributed by atoms with van der Waals surface area (Å²) < 4.78 is 2.36. The van der Waals surface area contributed by atoms with E-state index in [9.17, 15) is 0 Å². The van der Waals surface area contributed by atoms with Crippen molar-refractivity contribution in [1.82, 2.24) is 15.3 Å². The van der Waals surface area contributed by atoms with Crippen LogP contribution in [0.25, 0.3) is 10.9 Å². The maximum absolute atomic E-state index is 4.55. The van der Waals surface area contributed by atoms with Crippen LogP contribution in [0, 0.1) is 0 Å². The molecule has 3 heterocycles. The van der Waals surface area contributed by atoms with Crippen LogP contribution in [-0.2, 0) is 6.54 Å². The standard InChI is InChI=1S/C15H17N5.BrH/c1-2-6-13-11(4-1)10-14-12(5-3-9-20(13)14)18-19-15-16-7-8-17-15;/h1-2,4,6,10H,3,5,7-9H2,(H2,16,17,19);1H/b18-12+;. The molecule has 5 nitrogen and oxygen atoms in total. The number of rotatable bonds is 1. The summed E-state index contributed by atoms with van der Waals surface area (Å²) >= 11 is 0. The van der Waals surface area contributed by atoms with E-state index in [1.165, 1.54) is 16.6 Å². The molecule has 0 aliphatic carbocycles. The lowest BCUT2D eigenvalue weighted by atomic mass is 10.1. The monoisotopic (exact) mass is 347 g/mol. The summed E-state index contributed by atoms with van der Waals surface area (Å²) in [6.07, 6.45) is 2.14. The number of hydrazone groups is 1. The minimum Gasteiger partial charge on any atom is -0.353 e. The van der Waals surface area contributed by atoms with E-state index < -0.39 is 0 Å². The molecule has 1 aromatic carbocycles. The number of aryl methyl sites for hydroxylation is 1. The van der Waals surface area contributed by atoms with E-state index in [0.29, 0.717) is 0 Å². The number of fused-ring (bicyclic) bond motifs is 3. The summed E-state index contributed by atoms with van der Waals surface area (Å²) in [6, 6.07) is 10.8. The zero-order valence-corrected chi connectivity index (χ0v) is 13.4. The van der Waals surface area contributed by atoms with Crippen molar-refractivity contribution in [2.75, 3.05) is 13.1 Å². The number of guanidine groups is 1. The van der Waals surface area contributed by atoms with Crippen LogP contribution in [0.5, 0.6) is 0 Å². The molecule has 0 saturated heterocycles. The van der Waals surface area contributed by atoms with E-state index in [4.69, 9.17) is 0 Å². The second-order valence-electron chi connectivity index (χ2n) is 5.17. The van der Waals surface area contributed by atoms with Crippen molar-refractivity contribution in [2.45, 2.75) is 19.4 Å². The molecule has 0 bridgehead atoms. The zero-order valence-electron chi connectivity index (χ0n) is 11.7. The number of benzene rings is 1. The largest absolute Gasteiger partial charge is 0.353 e. The third kappa shape index (κ3) is 2.55. The van der Waals surface area contributed by atoms with E-state index in [1.807, 2.05) is 0 Å². The lowest BCUT2D eigenvalue weighted by Crippen LogP contribution is -2.31. The van der Waals surface area contributed by atoms with Gasteiger partial charge in [-0.2, -0.15) is 5.10 Å². The minimum atomic E-state index is 0. The molecule has 2 aliphatic rings. The molecular weight excluding hydrogens is 330 g/mol. The first-order chi connectivity index (χ1) is 9.92. The first-order valence-electron chi connectivity index (χ1n) is 7.11. The van der Waals surface area contributed by atoms with Crippen LogP contribution < -0.4 is 10.7 Å². The Balaban J connectivity index is 0.00000132. The Morgan fingerprint density at radius 2 is 2.19 bits per heavy atom. The first-order valence-corrected chi connectivity index (χ1v) is 7.11. The Kier molecular flexibility index (Phi) is 3.96. The van der Waals surface area contributed by atoms with Gasteiger partial charge in [0, 0.05) is 24.0 Å². The molecular formula is C15H18BrN5. The van der Waals surface area contributed by atoms with Crippen molar-refractivity contribution in [2.24, 2.45) is 10.1 Å². The second kappa shape index (κ2) is 5.89. The molecule has 110 valence electrons. The quantitative estimate of drug-likeness (QED) is 0.777. The number of halogens is 1. The topological polar surface area (TPSA) is 53.7 Å². The van der Waals surface area contributed by atoms with E-state index in [-0.39, 0.29) is 17.0 Å². The van der Waals surface area contributed by atoms with Crippen molar-refractivity contribution in [1.29, 1.82) is 0 Å². The van der Waals surface area contributed by atoms with E-state index in [1.54, 1.807) is 0 Å². The van der Waals surface area contributed by atoms with Crippen molar-refractivity contribution in [3.8, 4) is 0 Å². The van der Waals surface area contributed by atoms with Crippen LogP contribution in [0.15, 0.2) is 40.4 Å². The number of hydrogen-bond acceptors (Lipinski definition) is 4. The third-order valence-electron chi connectivity index (χ3n) is 3.87. The van der Waals surface area contributed by atoms with Gasteiger partial charge in [0.1, 0.15) is 0 Å². The highest BCUT2D eigenvalue weighted by molar-refractivity contribution is 8.93. The molecule has 1 aromatic heterocycles.